The van der Waals surface area contributed by atoms with E-state index < -0.39 is 61.4 Å². The summed E-state index contributed by atoms with van der Waals surface area (Å²) in [5.41, 5.74) is 6.95. The van der Waals surface area contributed by atoms with Gasteiger partial charge in [-0.1, -0.05) is 212 Å². The van der Waals surface area contributed by atoms with Gasteiger partial charge in [0.1, 0.15) is 48.8 Å². The fourth-order valence-electron chi connectivity index (χ4n) is 9.15. The maximum Gasteiger partial charge on any atom is 0.187 e. The molecule has 0 saturated carbocycles. The van der Waals surface area contributed by atoms with E-state index in [9.17, 15) is 0 Å². The van der Waals surface area contributed by atoms with Gasteiger partial charge in [0, 0.05) is 7.11 Å². The zero-order chi connectivity index (χ0) is 49.7. The summed E-state index contributed by atoms with van der Waals surface area (Å²) in [6.07, 6.45) is -8.16. The van der Waals surface area contributed by atoms with E-state index in [-0.39, 0.29) is 46.2 Å². The maximum absolute atomic E-state index is 7.55. The molecule has 0 amide bonds. The van der Waals surface area contributed by atoms with Crippen LogP contribution < -0.4 is 0 Å². The van der Waals surface area contributed by atoms with Crippen LogP contribution in [0, 0.1) is 0 Å². The van der Waals surface area contributed by atoms with Crippen LogP contribution in [0.25, 0.3) is 0 Å². The van der Waals surface area contributed by atoms with E-state index in [1.54, 1.807) is 7.11 Å². The highest BCUT2D eigenvalue weighted by molar-refractivity contribution is 5.19. The molecular formula is C62H66O11. The Labute approximate surface area is 429 Å². The lowest BCUT2D eigenvalue weighted by molar-refractivity contribution is -0.377. The Bertz CT molecular complexity index is 2560. The van der Waals surface area contributed by atoms with E-state index in [0.717, 1.165) is 38.9 Å². The first kappa shape index (κ1) is 52.0. The van der Waals surface area contributed by atoms with Gasteiger partial charge in [0.25, 0.3) is 0 Å². The second-order valence-electron chi connectivity index (χ2n) is 18.2. The predicted molar refractivity (Wildman–Crippen MR) is 276 cm³/mol. The number of benzene rings is 7. The second kappa shape index (κ2) is 28.0. The van der Waals surface area contributed by atoms with Crippen LogP contribution in [0.4, 0.5) is 0 Å². The van der Waals surface area contributed by atoms with Gasteiger partial charge in [0.2, 0.25) is 0 Å². The molecule has 0 aromatic heterocycles. The van der Waals surface area contributed by atoms with Crippen molar-refractivity contribution in [3.63, 3.8) is 0 Å². The van der Waals surface area contributed by atoms with Crippen LogP contribution in [-0.2, 0) is 98.4 Å². The van der Waals surface area contributed by atoms with Gasteiger partial charge < -0.3 is 52.1 Å². The molecule has 2 aliphatic heterocycles. The molecule has 7 aromatic rings. The standard InChI is InChI=1S/C62H66O11/c1-63-61-60(70-43-52-35-21-8-22-36-52)58(56(67-40-49-29-15-5-16-30-49)54(71-61)45-65-38-47-25-11-3-12-26-47)73-62-59(69-42-51-33-19-7-20-34-51)57(68-41-50-31-17-6-18-32-50)55(66-39-48-27-13-4-14-28-48)53(72-62)44-64-37-46-23-9-2-10-24-46/h2-36,53-62H,37-45H2,1H3/t53-,54-,55+,56-,57+,58+,59-,60-,61+,62+/m1/s1. The minimum atomic E-state index is -1.09. The molecule has 0 N–H and O–H groups in total. The predicted octanol–water partition coefficient (Wildman–Crippen LogP) is 10.8. The van der Waals surface area contributed by atoms with Crippen molar-refractivity contribution in [3.8, 4) is 0 Å². The second-order valence-corrected chi connectivity index (χ2v) is 18.2. The van der Waals surface area contributed by atoms with Crippen LogP contribution in [0.3, 0.4) is 0 Å². The van der Waals surface area contributed by atoms with Gasteiger partial charge in [-0.15, -0.1) is 0 Å². The maximum atomic E-state index is 7.55. The largest absolute Gasteiger partial charge is 0.374 e. The van der Waals surface area contributed by atoms with E-state index in [1.165, 1.54) is 0 Å². The Morgan fingerprint density at radius 1 is 0.288 bits per heavy atom. The summed E-state index contributed by atoms with van der Waals surface area (Å²) in [5.74, 6) is 0. The first-order valence-corrected chi connectivity index (χ1v) is 25.2. The van der Waals surface area contributed by atoms with Crippen LogP contribution in [0.15, 0.2) is 212 Å². The normalized spacial score (nSPS) is 24.0. The lowest BCUT2D eigenvalue weighted by atomic mass is 9.95. The van der Waals surface area contributed by atoms with Gasteiger partial charge in [-0.3, -0.25) is 0 Å². The van der Waals surface area contributed by atoms with Crippen molar-refractivity contribution < 1.29 is 52.1 Å². The molecule has 10 atom stereocenters. The fourth-order valence-corrected chi connectivity index (χ4v) is 9.15. The summed E-state index contributed by atoms with van der Waals surface area (Å²) in [6, 6.07) is 70.4. The van der Waals surface area contributed by atoms with Gasteiger partial charge >= 0.3 is 0 Å². The fraction of sp³-hybridized carbons (Fsp3) is 0.323. The van der Waals surface area contributed by atoms with Crippen molar-refractivity contribution in [3.05, 3.63) is 251 Å². The molecule has 2 heterocycles. The molecule has 0 bridgehead atoms. The Hall–Kier alpha value is -5.90. The summed E-state index contributed by atoms with van der Waals surface area (Å²) in [6.45, 7) is 2.30. The van der Waals surface area contributed by atoms with Crippen LogP contribution in [0.5, 0.6) is 0 Å². The third-order valence-corrected chi connectivity index (χ3v) is 12.9. The molecule has 0 aliphatic carbocycles. The van der Waals surface area contributed by atoms with Gasteiger partial charge in [0.05, 0.1) is 59.5 Å². The molecule has 9 rings (SSSR count). The number of hydrogen-bond acceptors (Lipinski definition) is 11. The molecule has 2 fully saturated rings. The molecule has 73 heavy (non-hydrogen) atoms. The topological polar surface area (TPSA) is 102 Å². The number of rotatable bonds is 26. The number of hydrogen-bond donors (Lipinski definition) is 0. The SMILES string of the molecule is CO[C@H]1O[C@H](COCc2ccccc2)[C@@H](OCc2ccccc2)[C@H](O[C@@H]2O[C@H](COCc3ccccc3)[C@H](OCc3ccccc3)[C@H](OCc3ccccc3)[C@H]2OCc2ccccc2)[C@H]1OCc1ccccc1. The van der Waals surface area contributed by atoms with Crippen molar-refractivity contribution >= 4 is 0 Å². The van der Waals surface area contributed by atoms with Gasteiger partial charge in [-0.2, -0.15) is 0 Å². The number of ether oxygens (including phenoxy) is 11. The Morgan fingerprint density at radius 2 is 0.548 bits per heavy atom. The molecule has 0 radical (unpaired) electrons. The van der Waals surface area contributed by atoms with Crippen LogP contribution in [-0.4, -0.2) is 81.7 Å². The highest BCUT2D eigenvalue weighted by atomic mass is 16.8. The molecule has 0 spiro atoms. The molecule has 11 heteroatoms. The lowest BCUT2D eigenvalue weighted by Crippen LogP contribution is -2.66. The Kier molecular flexibility index (Phi) is 19.9. The zero-order valence-electron chi connectivity index (χ0n) is 41.3. The summed E-state index contributed by atoms with van der Waals surface area (Å²) in [5, 5.41) is 0. The van der Waals surface area contributed by atoms with E-state index in [0.29, 0.717) is 13.2 Å². The molecule has 2 aliphatic rings. The lowest BCUT2D eigenvalue weighted by Gasteiger charge is -2.50. The summed E-state index contributed by atoms with van der Waals surface area (Å²) >= 11 is 0. The first-order chi connectivity index (χ1) is 36.2. The molecule has 380 valence electrons. The third kappa shape index (κ3) is 15.3. The van der Waals surface area contributed by atoms with Crippen molar-refractivity contribution in [2.24, 2.45) is 0 Å². The number of methoxy groups -OCH3 is 1. The molecule has 7 aromatic carbocycles. The average Bonchev–Trinajstić information content (AvgIpc) is 3.45. The quantitative estimate of drug-likeness (QED) is 0.0518. The summed E-state index contributed by atoms with van der Waals surface area (Å²) < 4.78 is 75.9. The van der Waals surface area contributed by atoms with E-state index >= 15 is 0 Å². The van der Waals surface area contributed by atoms with Crippen molar-refractivity contribution in [2.45, 2.75) is 108 Å². The third-order valence-electron chi connectivity index (χ3n) is 12.9. The Morgan fingerprint density at radius 3 is 0.877 bits per heavy atom. The van der Waals surface area contributed by atoms with E-state index in [4.69, 9.17) is 52.1 Å². The smallest absolute Gasteiger partial charge is 0.187 e. The molecular weight excluding hydrogens is 921 g/mol. The highest BCUT2D eigenvalue weighted by Crippen LogP contribution is 2.37. The molecule has 0 unspecified atom stereocenters. The zero-order valence-corrected chi connectivity index (χ0v) is 41.3. The molecule has 2 saturated heterocycles. The van der Waals surface area contributed by atoms with Crippen molar-refractivity contribution in [1.82, 2.24) is 0 Å². The van der Waals surface area contributed by atoms with Gasteiger partial charge in [-0.25, -0.2) is 0 Å². The molecule has 11 nitrogen and oxygen atoms in total. The van der Waals surface area contributed by atoms with Crippen LogP contribution >= 0.6 is 0 Å². The van der Waals surface area contributed by atoms with Gasteiger partial charge in [0.15, 0.2) is 12.6 Å². The van der Waals surface area contributed by atoms with E-state index in [2.05, 4.69) is 0 Å². The minimum Gasteiger partial charge on any atom is -0.374 e. The highest BCUT2D eigenvalue weighted by Gasteiger charge is 2.54. The summed E-state index contributed by atoms with van der Waals surface area (Å²) in [4.78, 5) is 0. The van der Waals surface area contributed by atoms with Gasteiger partial charge in [-0.05, 0) is 38.9 Å². The average molecular weight is 987 g/mol. The van der Waals surface area contributed by atoms with Crippen molar-refractivity contribution in [1.29, 1.82) is 0 Å². The van der Waals surface area contributed by atoms with Crippen LogP contribution in [0.1, 0.15) is 38.9 Å². The first-order valence-electron chi connectivity index (χ1n) is 25.2. The van der Waals surface area contributed by atoms with Crippen molar-refractivity contribution in [2.75, 3.05) is 20.3 Å². The minimum absolute atomic E-state index is 0.150. The Balaban J connectivity index is 1.11. The van der Waals surface area contributed by atoms with Crippen LogP contribution in [0.2, 0.25) is 0 Å². The monoisotopic (exact) mass is 986 g/mol. The summed E-state index contributed by atoms with van der Waals surface area (Å²) in [7, 11) is 1.61. The van der Waals surface area contributed by atoms with E-state index in [1.807, 2.05) is 212 Å².